The van der Waals surface area contributed by atoms with E-state index < -0.39 is 0 Å². The quantitative estimate of drug-likeness (QED) is 0.722. The lowest BCUT2D eigenvalue weighted by molar-refractivity contribution is 0.271. The lowest BCUT2D eigenvalue weighted by Crippen LogP contribution is -2.46. The maximum Gasteiger partial charge on any atom is 0.138 e. The predicted octanol–water partition coefficient (Wildman–Crippen LogP) is 2.98. The van der Waals surface area contributed by atoms with E-state index in [0.717, 1.165) is 73.0 Å². The first-order chi connectivity index (χ1) is 14.1. The average molecular weight is 389 g/mol. The van der Waals surface area contributed by atoms with E-state index >= 15 is 0 Å². The zero-order valence-corrected chi connectivity index (χ0v) is 17.2. The number of nitrogens with two attached hydrogens (primary N) is 1. The molecule has 0 atom stereocenters. The molecule has 0 radical (unpaired) electrons. The van der Waals surface area contributed by atoms with Crippen molar-refractivity contribution >= 4 is 33.7 Å². The fourth-order valence-electron chi connectivity index (χ4n) is 4.46. The van der Waals surface area contributed by atoms with E-state index in [0.29, 0.717) is 0 Å². The van der Waals surface area contributed by atoms with Crippen molar-refractivity contribution in [2.45, 2.75) is 6.92 Å². The van der Waals surface area contributed by atoms with Gasteiger partial charge < -0.3 is 25.4 Å². The number of piperazine rings is 1. The zero-order chi connectivity index (χ0) is 20.0. The van der Waals surface area contributed by atoms with Crippen LogP contribution in [0.1, 0.15) is 18.3 Å². The topological polar surface area (TPSA) is 64.4 Å². The van der Waals surface area contributed by atoms with Crippen LogP contribution in [0.15, 0.2) is 42.5 Å². The summed E-state index contributed by atoms with van der Waals surface area (Å²) in [6.07, 6.45) is 0. The van der Waals surface area contributed by atoms with Crippen molar-refractivity contribution in [3.8, 4) is 0 Å². The number of nitrogens with zero attached hydrogens (tertiary/aromatic N) is 4. The molecule has 3 N–H and O–H groups in total. The molecule has 6 nitrogen and oxygen atoms in total. The van der Waals surface area contributed by atoms with Crippen molar-refractivity contribution in [3.05, 3.63) is 53.9 Å². The molecule has 2 aliphatic rings. The number of hydrogen-bond acceptors (Lipinski definition) is 5. The Labute approximate surface area is 171 Å². The Morgan fingerprint density at radius 2 is 1.86 bits per heavy atom. The van der Waals surface area contributed by atoms with E-state index in [-0.39, 0.29) is 0 Å². The second-order valence-corrected chi connectivity index (χ2v) is 7.97. The molecular formula is C23H28N6. The van der Waals surface area contributed by atoms with Gasteiger partial charge in [0.05, 0.1) is 11.0 Å². The summed E-state index contributed by atoms with van der Waals surface area (Å²) < 4.78 is 0. The second-order valence-electron chi connectivity index (χ2n) is 7.97. The monoisotopic (exact) mass is 388 g/mol. The number of para-hydroxylation sites is 1. The lowest BCUT2D eigenvalue weighted by atomic mass is 9.99. The van der Waals surface area contributed by atoms with E-state index in [9.17, 15) is 0 Å². The van der Waals surface area contributed by atoms with Gasteiger partial charge in [0.15, 0.2) is 0 Å². The minimum absolute atomic E-state index is 0.745. The van der Waals surface area contributed by atoms with Gasteiger partial charge in [-0.15, -0.1) is 0 Å². The molecule has 5 rings (SSSR count). The van der Waals surface area contributed by atoms with Crippen molar-refractivity contribution < 1.29 is 0 Å². The minimum Gasteiger partial charge on any atom is -0.398 e. The first-order valence-electron chi connectivity index (χ1n) is 10.4. The van der Waals surface area contributed by atoms with Crippen LogP contribution in [-0.2, 0) is 0 Å². The molecule has 2 aromatic carbocycles. The third kappa shape index (κ3) is 3.13. The second kappa shape index (κ2) is 7.12. The Morgan fingerprint density at radius 3 is 2.66 bits per heavy atom. The van der Waals surface area contributed by atoms with Gasteiger partial charge in [-0.2, -0.15) is 0 Å². The van der Waals surface area contributed by atoms with Crippen molar-refractivity contribution in [2.24, 2.45) is 5.73 Å². The maximum absolute atomic E-state index is 6.56. The number of H-pyrrole nitrogens is 1. The van der Waals surface area contributed by atoms with Crippen LogP contribution in [0.2, 0.25) is 0 Å². The van der Waals surface area contributed by atoms with Gasteiger partial charge in [-0.25, -0.2) is 4.98 Å². The molecule has 1 fully saturated rings. The van der Waals surface area contributed by atoms with Gasteiger partial charge in [0, 0.05) is 68.0 Å². The normalized spacial score (nSPS) is 17.9. The molecular weight excluding hydrogens is 360 g/mol. The molecule has 3 aromatic rings. The fourth-order valence-corrected chi connectivity index (χ4v) is 4.46. The molecule has 1 aromatic heterocycles. The molecule has 3 heterocycles. The molecule has 29 heavy (non-hydrogen) atoms. The fraction of sp³-hybridized carbons (Fsp3) is 0.348. The molecule has 0 unspecified atom stereocenters. The Kier molecular flexibility index (Phi) is 4.43. The van der Waals surface area contributed by atoms with Crippen molar-refractivity contribution in [1.29, 1.82) is 0 Å². The van der Waals surface area contributed by atoms with Crippen LogP contribution in [-0.4, -0.2) is 61.2 Å². The van der Waals surface area contributed by atoms with Crippen molar-refractivity contribution in [3.63, 3.8) is 0 Å². The summed E-state index contributed by atoms with van der Waals surface area (Å²) in [6, 6.07) is 14.8. The van der Waals surface area contributed by atoms with E-state index in [4.69, 9.17) is 10.7 Å². The minimum atomic E-state index is 0.745. The van der Waals surface area contributed by atoms with Gasteiger partial charge in [-0.05, 0) is 30.8 Å². The molecule has 0 amide bonds. The number of likely N-dealkylation sites (N-methyl/N-ethyl adjacent to an activating group) is 2. The molecule has 1 saturated heterocycles. The van der Waals surface area contributed by atoms with Crippen LogP contribution in [0.3, 0.4) is 0 Å². The largest absolute Gasteiger partial charge is 0.398 e. The lowest BCUT2D eigenvalue weighted by Gasteiger charge is -2.35. The van der Waals surface area contributed by atoms with E-state index in [1.54, 1.807) is 0 Å². The Bertz CT molecular complexity index is 1070. The molecule has 150 valence electrons. The maximum atomic E-state index is 6.56. The van der Waals surface area contributed by atoms with Gasteiger partial charge in [0.2, 0.25) is 0 Å². The molecule has 0 bridgehead atoms. The Morgan fingerprint density at radius 1 is 1.07 bits per heavy atom. The highest BCUT2D eigenvalue weighted by atomic mass is 15.3. The van der Waals surface area contributed by atoms with Gasteiger partial charge in [-0.3, -0.25) is 0 Å². The van der Waals surface area contributed by atoms with Crippen molar-refractivity contribution in [2.75, 3.05) is 56.1 Å². The SMILES string of the molecule is CCN1CCN(c2ccc3[nH]c(C4=C(N)c5ccccc5N(C)C4)nc3c2)CC1. The average Bonchev–Trinajstić information content (AvgIpc) is 3.19. The predicted molar refractivity (Wildman–Crippen MR) is 121 cm³/mol. The third-order valence-electron chi connectivity index (χ3n) is 6.26. The van der Waals surface area contributed by atoms with Crippen LogP contribution < -0.4 is 15.5 Å². The van der Waals surface area contributed by atoms with Crippen LogP contribution in [0, 0.1) is 0 Å². The van der Waals surface area contributed by atoms with Gasteiger partial charge in [0.25, 0.3) is 0 Å². The molecule has 0 spiro atoms. The highest BCUT2D eigenvalue weighted by molar-refractivity contribution is 5.97. The summed E-state index contributed by atoms with van der Waals surface area (Å²) in [5, 5.41) is 0. The summed E-state index contributed by atoms with van der Waals surface area (Å²) >= 11 is 0. The zero-order valence-electron chi connectivity index (χ0n) is 17.2. The standard InChI is InChI=1S/C23H28N6/c1-3-28-10-12-29(13-11-28)16-8-9-19-20(14-16)26-23(25-19)18-15-27(2)21-7-5-4-6-17(21)22(18)24/h4-9,14H,3,10-13,15,24H2,1-2H3,(H,25,26). The smallest absolute Gasteiger partial charge is 0.138 e. The number of fused-ring (bicyclic) bond motifs is 2. The van der Waals surface area contributed by atoms with Crippen LogP contribution in [0.5, 0.6) is 0 Å². The molecule has 2 aliphatic heterocycles. The third-order valence-corrected chi connectivity index (χ3v) is 6.26. The summed E-state index contributed by atoms with van der Waals surface area (Å²) in [6.45, 7) is 8.48. The van der Waals surface area contributed by atoms with E-state index in [1.165, 1.54) is 11.4 Å². The van der Waals surface area contributed by atoms with E-state index in [2.05, 4.69) is 70.1 Å². The number of rotatable bonds is 3. The number of anilines is 2. The highest BCUT2D eigenvalue weighted by Gasteiger charge is 2.23. The summed E-state index contributed by atoms with van der Waals surface area (Å²) in [4.78, 5) is 15.6. The first kappa shape index (κ1) is 18.1. The number of aromatic nitrogens is 2. The summed E-state index contributed by atoms with van der Waals surface area (Å²) in [7, 11) is 2.10. The van der Waals surface area contributed by atoms with Crippen LogP contribution in [0.4, 0.5) is 11.4 Å². The molecule has 0 saturated carbocycles. The van der Waals surface area contributed by atoms with Gasteiger partial charge >= 0.3 is 0 Å². The highest BCUT2D eigenvalue weighted by Crippen LogP contribution is 2.35. The van der Waals surface area contributed by atoms with E-state index in [1.807, 2.05) is 6.07 Å². The molecule has 0 aliphatic carbocycles. The number of aromatic amines is 1. The summed E-state index contributed by atoms with van der Waals surface area (Å²) in [5.74, 6) is 0.867. The van der Waals surface area contributed by atoms with Crippen LogP contribution in [0.25, 0.3) is 22.3 Å². The number of nitrogens with one attached hydrogen (secondary N) is 1. The van der Waals surface area contributed by atoms with Crippen LogP contribution >= 0.6 is 0 Å². The Balaban J connectivity index is 1.48. The van der Waals surface area contributed by atoms with Gasteiger partial charge in [0.1, 0.15) is 5.82 Å². The van der Waals surface area contributed by atoms with Crippen molar-refractivity contribution in [1.82, 2.24) is 14.9 Å². The number of benzene rings is 2. The number of imidazole rings is 1. The summed E-state index contributed by atoms with van der Waals surface area (Å²) in [5.41, 5.74) is 14.0. The van der Waals surface area contributed by atoms with Gasteiger partial charge in [-0.1, -0.05) is 25.1 Å². The molecule has 6 heteroatoms. The first-order valence-corrected chi connectivity index (χ1v) is 10.4. The Hall–Kier alpha value is -2.99. The number of hydrogen-bond donors (Lipinski definition) is 2.